The van der Waals surface area contributed by atoms with Crippen molar-refractivity contribution in [1.82, 2.24) is 5.32 Å². The van der Waals surface area contributed by atoms with Gasteiger partial charge in [0.05, 0.1) is 11.1 Å². The monoisotopic (exact) mass is 581 g/mol. The molecule has 4 rings (SSSR count). The van der Waals surface area contributed by atoms with Crippen LogP contribution in [0.25, 0.3) is 10.8 Å². The zero-order valence-electron chi connectivity index (χ0n) is 21.2. The van der Waals surface area contributed by atoms with Crippen LogP contribution in [0.4, 0.5) is 26.3 Å². The quantitative estimate of drug-likeness (QED) is 0.0930. The SMILES string of the molecule is C[C@@H](NCCCCSc1cccc(C(F)(F)F)c1)c1cccc2ccccc12.FC(F)(F)c1cccc(S)c1. The van der Waals surface area contributed by atoms with Gasteiger partial charge in [-0.05, 0) is 84.8 Å². The predicted molar refractivity (Wildman–Crippen MR) is 150 cm³/mol. The highest BCUT2D eigenvalue weighted by Crippen LogP contribution is 2.32. The maximum atomic E-state index is 12.8. The van der Waals surface area contributed by atoms with Gasteiger partial charge >= 0.3 is 12.4 Å². The lowest BCUT2D eigenvalue weighted by Gasteiger charge is -2.16. The number of unbranched alkanes of at least 4 members (excludes halogenated alkanes) is 1. The highest BCUT2D eigenvalue weighted by Gasteiger charge is 2.30. The van der Waals surface area contributed by atoms with Gasteiger partial charge in [0.2, 0.25) is 0 Å². The molecule has 4 aromatic rings. The number of hydrogen-bond donors (Lipinski definition) is 2. The van der Waals surface area contributed by atoms with Crippen LogP contribution in [-0.2, 0) is 12.4 Å². The molecular formula is C30H29F6NS2. The van der Waals surface area contributed by atoms with Crippen molar-refractivity contribution in [3.05, 3.63) is 108 Å². The summed E-state index contributed by atoms with van der Waals surface area (Å²) in [6.45, 7) is 3.05. The highest BCUT2D eigenvalue weighted by molar-refractivity contribution is 7.99. The van der Waals surface area contributed by atoms with Crippen molar-refractivity contribution in [1.29, 1.82) is 0 Å². The van der Waals surface area contributed by atoms with Crippen LogP contribution in [0.5, 0.6) is 0 Å². The van der Waals surface area contributed by atoms with E-state index in [1.165, 1.54) is 52.4 Å². The van der Waals surface area contributed by atoms with Crippen LogP contribution < -0.4 is 5.32 Å². The van der Waals surface area contributed by atoms with Gasteiger partial charge in [-0.15, -0.1) is 24.4 Å². The molecule has 0 saturated carbocycles. The Kier molecular flexibility index (Phi) is 11.2. The Morgan fingerprint density at radius 2 is 1.36 bits per heavy atom. The Bertz CT molecular complexity index is 1330. The number of hydrogen-bond acceptors (Lipinski definition) is 3. The second-order valence-corrected chi connectivity index (χ2v) is 10.6. The molecule has 0 aromatic heterocycles. The normalized spacial score (nSPS) is 12.6. The van der Waals surface area contributed by atoms with E-state index < -0.39 is 23.5 Å². The van der Waals surface area contributed by atoms with Gasteiger partial charge in [-0.25, -0.2) is 0 Å². The molecule has 0 heterocycles. The minimum Gasteiger partial charge on any atom is -0.310 e. The van der Waals surface area contributed by atoms with Gasteiger partial charge in [-0.2, -0.15) is 26.3 Å². The van der Waals surface area contributed by atoms with Crippen molar-refractivity contribution >= 4 is 35.2 Å². The van der Waals surface area contributed by atoms with Gasteiger partial charge in [0, 0.05) is 15.8 Å². The number of nitrogens with one attached hydrogen (secondary N) is 1. The summed E-state index contributed by atoms with van der Waals surface area (Å²) < 4.78 is 74.1. The second-order valence-electron chi connectivity index (χ2n) is 8.87. The molecule has 208 valence electrons. The molecule has 1 N–H and O–H groups in total. The van der Waals surface area contributed by atoms with Crippen molar-refractivity contribution in [2.75, 3.05) is 12.3 Å². The predicted octanol–water partition coefficient (Wildman–Crippen LogP) is 10.1. The van der Waals surface area contributed by atoms with Crippen LogP contribution in [0.3, 0.4) is 0 Å². The Balaban J connectivity index is 0.000000320. The number of fused-ring (bicyclic) bond motifs is 1. The summed E-state index contributed by atoms with van der Waals surface area (Å²) in [4.78, 5) is 0.992. The average Bonchev–Trinajstić information content (AvgIpc) is 2.90. The Hall–Kier alpha value is -2.62. The van der Waals surface area contributed by atoms with Crippen LogP contribution in [0.1, 0.15) is 42.5 Å². The number of alkyl halides is 6. The molecule has 0 spiro atoms. The van der Waals surface area contributed by atoms with Crippen LogP contribution in [0.15, 0.2) is 101 Å². The Morgan fingerprint density at radius 3 is 2.03 bits per heavy atom. The van der Waals surface area contributed by atoms with Gasteiger partial charge < -0.3 is 5.32 Å². The molecule has 0 radical (unpaired) electrons. The average molecular weight is 582 g/mol. The molecule has 4 aromatic carbocycles. The molecule has 0 unspecified atom stereocenters. The fraction of sp³-hybridized carbons (Fsp3) is 0.267. The van der Waals surface area contributed by atoms with Crippen LogP contribution in [0, 0.1) is 0 Å². The number of thioether (sulfide) groups is 1. The summed E-state index contributed by atoms with van der Waals surface area (Å²) in [5.74, 6) is 0.811. The van der Waals surface area contributed by atoms with Crippen molar-refractivity contribution in [3.8, 4) is 0 Å². The number of thiol groups is 1. The molecule has 0 aliphatic rings. The smallest absolute Gasteiger partial charge is 0.310 e. The summed E-state index contributed by atoms with van der Waals surface area (Å²) in [5.41, 5.74) is 0.0459. The molecule has 0 aliphatic heterocycles. The van der Waals surface area contributed by atoms with Gasteiger partial charge in [-0.1, -0.05) is 54.6 Å². The van der Waals surface area contributed by atoms with Crippen molar-refractivity contribution in [2.45, 2.75) is 48.0 Å². The highest BCUT2D eigenvalue weighted by atomic mass is 32.2. The van der Waals surface area contributed by atoms with Crippen LogP contribution in [0.2, 0.25) is 0 Å². The molecule has 0 aliphatic carbocycles. The second kappa shape index (κ2) is 14.1. The molecule has 0 saturated heterocycles. The van der Waals surface area contributed by atoms with Gasteiger partial charge in [-0.3, -0.25) is 0 Å². The third kappa shape index (κ3) is 9.81. The molecule has 0 fully saturated rings. The maximum absolute atomic E-state index is 12.8. The van der Waals surface area contributed by atoms with E-state index in [4.69, 9.17) is 0 Å². The Morgan fingerprint density at radius 1 is 0.744 bits per heavy atom. The lowest BCUT2D eigenvalue weighted by molar-refractivity contribution is -0.138. The van der Waals surface area contributed by atoms with Gasteiger partial charge in [0.1, 0.15) is 0 Å². The minimum atomic E-state index is -4.28. The first-order chi connectivity index (χ1) is 18.4. The molecule has 9 heteroatoms. The fourth-order valence-corrected chi connectivity index (χ4v) is 5.11. The molecule has 0 amide bonds. The molecule has 1 nitrogen and oxygen atoms in total. The first-order valence-corrected chi connectivity index (χ1v) is 13.8. The van der Waals surface area contributed by atoms with Crippen LogP contribution in [-0.4, -0.2) is 12.3 Å². The van der Waals surface area contributed by atoms with E-state index in [1.54, 1.807) is 6.07 Å². The van der Waals surface area contributed by atoms with E-state index in [0.29, 0.717) is 9.79 Å². The molecule has 0 bridgehead atoms. The summed E-state index contributed by atoms with van der Waals surface area (Å²) >= 11 is 5.27. The van der Waals surface area contributed by atoms with Crippen LogP contribution >= 0.6 is 24.4 Å². The summed E-state index contributed by atoms with van der Waals surface area (Å²) in [5, 5.41) is 6.07. The van der Waals surface area contributed by atoms with Crippen molar-refractivity contribution < 1.29 is 26.3 Å². The first-order valence-electron chi connectivity index (χ1n) is 12.3. The Labute approximate surface area is 234 Å². The maximum Gasteiger partial charge on any atom is 0.416 e. The third-order valence-electron chi connectivity index (χ3n) is 5.92. The summed E-state index contributed by atoms with van der Waals surface area (Å²) in [6, 6.07) is 25.4. The molecule has 39 heavy (non-hydrogen) atoms. The lowest BCUT2D eigenvalue weighted by atomic mass is 9.99. The number of benzene rings is 4. The molecule has 1 atom stereocenters. The van der Waals surface area contributed by atoms with E-state index in [1.807, 2.05) is 6.07 Å². The lowest BCUT2D eigenvalue weighted by Crippen LogP contribution is -2.20. The fourth-order valence-electron chi connectivity index (χ4n) is 3.92. The topological polar surface area (TPSA) is 12.0 Å². The number of halogens is 6. The standard InChI is InChI=1S/C23H24F3NS.C7H5F3S/c1-17(21-13-6-9-18-8-2-3-12-22(18)21)27-14-4-5-15-28-20-11-7-10-19(16-20)23(24,25)26;8-7(9,10)5-2-1-3-6(11)4-5/h2-3,6-13,16-17,27H,4-5,14-15H2,1H3;1-4,11H/t17-;/m1./s1. The van der Waals surface area contributed by atoms with E-state index in [9.17, 15) is 26.3 Å². The van der Waals surface area contributed by atoms with Gasteiger partial charge in [0.25, 0.3) is 0 Å². The third-order valence-corrected chi connectivity index (χ3v) is 7.27. The molecular weight excluding hydrogens is 552 g/mol. The van der Waals surface area contributed by atoms with E-state index in [-0.39, 0.29) is 6.04 Å². The summed E-state index contributed by atoms with van der Waals surface area (Å²) in [6.07, 6.45) is -6.60. The largest absolute Gasteiger partial charge is 0.416 e. The zero-order valence-corrected chi connectivity index (χ0v) is 22.9. The minimum absolute atomic E-state index is 0.252. The van der Waals surface area contributed by atoms with E-state index in [0.717, 1.165) is 43.3 Å². The van der Waals surface area contributed by atoms with Gasteiger partial charge in [0.15, 0.2) is 0 Å². The van der Waals surface area contributed by atoms with E-state index >= 15 is 0 Å². The summed E-state index contributed by atoms with van der Waals surface area (Å²) in [7, 11) is 0. The van der Waals surface area contributed by atoms with Crippen molar-refractivity contribution in [3.63, 3.8) is 0 Å². The van der Waals surface area contributed by atoms with E-state index in [2.05, 4.69) is 61.3 Å². The first kappa shape index (κ1) is 30.9. The van der Waals surface area contributed by atoms with Crippen molar-refractivity contribution in [2.24, 2.45) is 0 Å². The zero-order chi connectivity index (χ0) is 28.5. The number of rotatable bonds is 8.